The first-order valence-electron chi connectivity index (χ1n) is 10.2. The van der Waals surface area contributed by atoms with Crippen molar-refractivity contribution in [1.29, 1.82) is 0 Å². The van der Waals surface area contributed by atoms with Gasteiger partial charge in [0.05, 0.1) is 7.11 Å². The minimum Gasteiger partial charge on any atom is -0.497 e. The van der Waals surface area contributed by atoms with Gasteiger partial charge in [-0.25, -0.2) is 0 Å². The number of benzene rings is 2. The molecular formula is C23H31IN4O2. The van der Waals surface area contributed by atoms with E-state index in [0.29, 0.717) is 13.1 Å². The average molecular weight is 522 g/mol. The van der Waals surface area contributed by atoms with Gasteiger partial charge in [0, 0.05) is 38.8 Å². The molecule has 0 aliphatic carbocycles. The summed E-state index contributed by atoms with van der Waals surface area (Å²) < 4.78 is 5.18. The molecule has 0 unspecified atom stereocenters. The Balaban J connectivity index is 0.00000320. The van der Waals surface area contributed by atoms with E-state index in [-0.39, 0.29) is 29.9 Å². The zero-order valence-electron chi connectivity index (χ0n) is 17.7. The minimum absolute atomic E-state index is 0. The first-order valence-corrected chi connectivity index (χ1v) is 10.2. The third-order valence-corrected chi connectivity index (χ3v) is 5.15. The molecule has 7 heteroatoms. The number of aliphatic imine (C=N–C) groups is 1. The highest BCUT2D eigenvalue weighted by Crippen LogP contribution is 2.14. The highest BCUT2D eigenvalue weighted by atomic mass is 127. The van der Waals surface area contributed by atoms with Crippen LogP contribution in [0.3, 0.4) is 0 Å². The van der Waals surface area contributed by atoms with Crippen LogP contribution >= 0.6 is 24.0 Å². The number of amides is 1. The summed E-state index contributed by atoms with van der Waals surface area (Å²) in [6, 6.07) is 15.8. The van der Waals surface area contributed by atoms with E-state index in [1.807, 2.05) is 53.4 Å². The first kappa shape index (κ1) is 24.0. The molecule has 1 saturated heterocycles. The number of hydrogen-bond donors (Lipinski definition) is 2. The summed E-state index contributed by atoms with van der Waals surface area (Å²) >= 11 is 0. The summed E-state index contributed by atoms with van der Waals surface area (Å²) in [6.07, 6.45) is 3.44. The van der Waals surface area contributed by atoms with Crippen molar-refractivity contribution in [1.82, 2.24) is 15.5 Å². The van der Waals surface area contributed by atoms with Crippen LogP contribution in [-0.2, 0) is 13.1 Å². The van der Waals surface area contributed by atoms with Crippen molar-refractivity contribution < 1.29 is 9.53 Å². The first-order chi connectivity index (χ1) is 14.2. The number of likely N-dealkylation sites (tertiary alicyclic amines) is 1. The number of nitrogens with one attached hydrogen (secondary N) is 2. The molecule has 3 rings (SSSR count). The van der Waals surface area contributed by atoms with Crippen molar-refractivity contribution in [3.8, 4) is 5.75 Å². The monoisotopic (exact) mass is 522 g/mol. The van der Waals surface area contributed by atoms with Crippen LogP contribution in [0.2, 0.25) is 0 Å². The third kappa shape index (κ3) is 6.90. The van der Waals surface area contributed by atoms with Gasteiger partial charge in [0.1, 0.15) is 5.75 Å². The highest BCUT2D eigenvalue weighted by Gasteiger charge is 2.17. The Kier molecular flexibility index (Phi) is 9.93. The molecule has 0 spiro atoms. The van der Waals surface area contributed by atoms with E-state index in [9.17, 15) is 4.79 Å². The fourth-order valence-corrected chi connectivity index (χ4v) is 3.38. The molecule has 0 radical (unpaired) electrons. The van der Waals surface area contributed by atoms with Crippen molar-refractivity contribution in [2.75, 3.05) is 27.2 Å². The molecule has 1 fully saturated rings. The molecule has 2 aromatic carbocycles. The van der Waals surface area contributed by atoms with Gasteiger partial charge >= 0.3 is 0 Å². The van der Waals surface area contributed by atoms with E-state index in [1.54, 1.807) is 14.2 Å². The van der Waals surface area contributed by atoms with Gasteiger partial charge in [0.25, 0.3) is 5.91 Å². The predicted octanol–water partition coefficient (Wildman–Crippen LogP) is 3.80. The summed E-state index contributed by atoms with van der Waals surface area (Å²) in [7, 11) is 3.42. The minimum atomic E-state index is 0. The van der Waals surface area contributed by atoms with E-state index in [0.717, 1.165) is 54.3 Å². The van der Waals surface area contributed by atoms with Crippen molar-refractivity contribution in [2.24, 2.45) is 4.99 Å². The molecule has 0 aromatic heterocycles. The van der Waals surface area contributed by atoms with Crippen LogP contribution in [-0.4, -0.2) is 44.0 Å². The molecule has 2 aromatic rings. The molecule has 0 bridgehead atoms. The zero-order valence-corrected chi connectivity index (χ0v) is 20.0. The second-order valence-corrected chi connectivity index (χ2v) is 7.18. The number of ether oxygens (including phenoxy) is 1. The Morgan fingerprint density at radius 3 is 1.97 bits per heavy atom. The van der Waals surface area contributed by atoms with Crippen molar-refractivity contribution in [3.05, 3.63) is 65.2 Å². The zero-order chi connectivity index (χ0) is 20.5. The predicted molar refractivity (Wildman–Crippen MR) is 132 cm³/mol. The fraction of sp³-hybridized carbons (Fsp3) is 0.391. The highest BCUT2D eigenvalue weighted by molar-refractivity contribution is 14.0. The van der Waals surface area contributed by atoms with Gasteiger partial charge in [-0.15, -0.1) is 24.0 Å². The topological polar surface area (TPSA) is 66.0 Å². The number of piperidine rings is 1. The quantitative estimate of drug-likeness (QED) is 0.344. The molecule has 2 N–H and O–H groups in total. The third-order valence-electron chi connectivity index (χ3n) is 5.15. The lowest BCUT2D eigenvalue weighted by atomic mass is 10.1. The Labute approximate surface area is 196 Å². The van der Waals surface area contributed by atoms with Gasteiger partial charge in [-0.3, -0.25) is 9.79 Å². The second kappa shape index (κ2) is 12.4. The number of nitrogens with zero attached hydrogens (tertiary/aromatic N) is 2. The van der Waals surface area contributed by atoms with Crippen LogP contribution in [0.5, 0.6) is 5.75 Å². The molecule has 1 amide bonds. The molecule has 6 nitrogen and oxygen atoms in total. The van der Waals surface area contributed by atoms with Crippen molar-refractivity contribution in [2.45, 2.75) is 32.4 Å². The number of carbonyl (C=O) groups is 1. The number of carbonyl (C=O) groups excluding carboxylic acids is 1. The molecule has 0 atom stereocenters. The molecule has 30 heavy (non-hydrogen) atoms. The normalized spacial score (nSPS) is 13.9. The van der Waals surface area contributed by atoms with Crippen LogP contribution in [0, 0.1) is 0 Å². The van der Waals surface area contributed by atoms with Crippen LogP contribution in [0.25, 0.3) is 0 Å². The molecular weight excluding hydrogens is 491 g/mol. The maximum atomic E-state index is 12.6. The van der Waals surface area contributed by atoms with Crippen LogP contribution < -0.4 is 15.4 Å². The molecule has 1 heterocycles. The fourth-order valence-electron chi connectivity index (χ4n) is 3.38. The van der Waals surface area contributed by atoms with E-state index in [4.69, 9.17) is 4.74 Å². The SMILES string of the molecule is CN=C(NCc1ccc(OC)cc1)NCc1ccc(C(=O)N2CCCCC2)cc1.I. The van der Waals surface area contributed by atoms with Gasteiger partial charge in [-0.05, 0) is 54.7 Å². The number of halogens is 1. The molecule has 1 aliphatic heterocycles. The Morgan fingerprint density at radius 1 is 0.933 bits per heavy atom. The second-order valence-electron chi connectivity index (χ2n) is 7.18. The van der Waals surface area contributed by atoms with Gasteiger partial charge < -0.3 is 20.3 Å². The van der Waals surface area contributed by atoms with Crippen molar-refractivity contribution in [3.63, 3.8) is 0 Å². The van der Waals surface area contributed by atoms with E-state index in [2.05, 4.69) is 15.6 Å². The lowest BCUT2D eigenvalue weighted by molar-refractivity contribution is 0.0724. The maximum Gasteiger partial charge on any atom is 0.253 e. The van der Waals surface area contributed by atoms with Gasteiger partial charge in [0.2, 0.25) is 0 Å². The number of methoxy groups -OCH3 is 1. The average Bonchev–Trinajstić information content (AvgIpc) is 2.80. The lowest BCUT2D eigenvalue weighted by Gasteiger charge is -2.26. The summed E-state index contributed by atoms with van der Waals surface area (Å²) in [5.74, 6) is 1.72. The van der Waals surface area contributed by atoms with Crippen LogP contribution in [0.15, 0.2) is 53.5 Å². The summed E-state index contributed by atoms with van der Waals surface area (Å²) in [5, 5.41) is 6.61. The molecule has 162 valence electrons. The van der Waals surface area contributed by atoms with E-state index >= 15 is 0 Å². The largest absolute Gasteiger partial charge is 0.497 e. The summed E-state index contributed by atoms with van der Waals surface area (Å²) in [5.41, 5.74) is 3.01. The molecule has 1 aliphatic rings. The van der Waals surface area contributed by atoms with Crippen LogP contribution in [0.4, 0.5) is 0 Å². The Hall–Kier alpha value is -2.29. The van der Waals surface area contributed by atoms with Crippen LogP contribution in [0.1, 0.15) is 40.7 Å². The lowest BCUT2D eigenvalue weighted by Crippen LogP contribution is -2.36. The molecule has 0 saturated carbocycles. The van der Waals surface area contributed by atoms with E-state index < -0.39 is 0 Å². The van der Waals surface area contributed by atoms with E-state index in [1.165, 1.54) is 6.42 Å². The van der Waals surface area contributed by atoms with Crippen molar-refractivity contribution >= 4 is 35.8 Å². The van der Waals surface area contributed by atoms with Gasteiger partial charge in [-0.1, -0.05) is 24.3 Å². The van der Waals surface area contributed by atoms with Gasteiger partial charge in [0.15, 0.2) is 5.96 Å². The Bertz CT molecular complexity index is 816. The summed E-state index contributed by atoms with van der Waals surface area (Å²) in [6.45, 7) is 3.06. The standard InChI is InChI=1S/C23H30N4O2.HI/c1-24-23(26-17-19-8-12-21(29-2)13-9-19)25-16-18-6-10-20(11-7-18)22(28)27-14-4-3-5-15-27;/h6-13H,3-5,14-17H2,1-2H3,(H2,24,25,26);1H. The smallest absolute Gasteiger partial charge is 0.253 e. The number of rotatable bonds is 6. The number of guanidine groups is 1. The number of hydrogen-bond acceptors (Lipinski definition) is 3. The Morgan fingerprint density at radius 2 is 1.47 bits per heavy atom. The maximum absolute atomic E-state index is 12.6. The van der Waals surface area contributed by atoms with Gasteiger partial charge in [-0.2, -0.15) is 0 Å². The summed E-state index contributed by atoms with van der Waals surface area (Å²) in [4.78, 5) is 18.8.